The van der Waals surface area contributed by atoms with Crippen LogP contribution in [0.2, 0.25) is 0 Å². The molecule has 2 saturated heterocycles. The van der Waals surface area contributed by atoms with Gasteiger partial charge in [0, 0.05) is 19.1 Å². The molecule has 1 aromatic carbocycles. The van der Waals surface area contributed by atoms with E-state index >= 15 is 0 Å². The first-order chi connectivity index (χ1) is 10.8. The zero-order valence-electron chi connectivity index (χ0n) is 12.8. The smallest absolute Gasteiger partial charge is 0.289 e. The molecule has 0 aliphatic carbocycles. The summed E-state index contributed by atoms with van der Waals surface area (Å²) in [6.45, 7) is 4.07. The highest BCUT2D eigenvalue weighted by Crippen LogP contribution is 2.21. The molecule has 2 fully saturated rings. The Hall–Kier alpha value is -1.88. The number of aromatic amines is 1. The standard InChI is InChI=1S/C17H22N4O/c22-17(16-18-14-6-2-3-7-15(14)19-16)21-11-8-13(12-21)20-9-4-1-5-10-20/h2-3,6-7,13H,1,4-5,8-12H2,(H,18,19). The molecule has 1 aromatic heterocycles. The van der Waals surface area contributed by atoms with Crippen molar-refractivity contribution in [1.29, 1.82) is 0 Å². The fraction of sp³-hybridized carbons (Fsp3) is 0.529. The molecular weight excluding hydrogens is 276 g/mol. The normalized spacial score (nSPS) is 23.3. The first kappa shape index (κ1) is 13.8. The number of fused-ring (bicyclic) bond motifs is 1. The molecule has 1 unspecified atom stereocenters. The Bertz CT molecular complexity index is 641. The number of H-pyrrole nitrogens is 1. The average Bonchev–Trinajstić information content (AvgIpc) is 3.22. The van der Waals surface area contributed by atoms with E-state index in [0.29, 0.717) is 11.9 Å². The number of nitrogens with zero attached hydrogens (tertiary/aromatic N) is 3. The third kappa shape index (κ3) is 2.50. The van der Waals surface area contributed by atoms with Crippen molar-refractivity contribution in [1.82, 2.24) is 19.8 Å². The number of benzene rings is 1. The van der Waals surface area contributed by atoms with Crippen LogP contribution in [0.4, 0.5) is 0 Å². The van der Waals surface area contributed by atoms with Crippen LogP contribution in [0.15, 0.2) is 24.3 Å². The quantitative estimate of drug-likeness (QED) is 0.925. The van der Waals surface area contributed by atoms with Gasteiger partial charge in [0.2, 0.25) is 0 Å². The summed E-state index contributed by atoms with van der Waals surface area (Å²) in [5.41, 5.74) is 1.79. The van der Waals surface area contributed by atoms with Crippen molar-refractivity contribution in [2.45, 2.75) is 31.7 Å². The van der Waals surface area contributed by atoms with Crippen LogP contribution in [0.3, 0.4) is 0 Å². The molecule has 0 radical (unpaired) electrons. The predicted octanol–water partition coefficient (Wildman–Crippen LogP) is 2.26. The third-order valence-electron chi connectivity index (χ3n) is 4.95. The summed E-state index contributed by atoms with van der Waals surface area (Å²) in [5.74, 6) is 0.510. The van der Waals surface area contributed by atoms with Gasteiger partial charge in [0.1, 0.15) is 0 Å². The van der Waals surface area contributed by atoms with E-state index in [4.69, 9.17) is 0 Å². The van der Waals surface area contributed by atoms with E-state index in [-0.39, 0.29) is 5.91 Å². The number of carbonyl (C=O) groups is 1. The Morgan fingerprint density at radius 2 is 1.95 bits per heavy atom. The maximum Gasteiger partial charge on any atom is 0.289 e. The van der Waals surface area contributed by atoms with Crippen molar-refractivity contribution in [2.75, 3.05) is 26.2 Å². The number of hydrogen-bond acceptors (Lipinski definition) is 3. The zero-order valence-corrected chi connectivity index (χ0v) is 12.8. The summed E-state index contributed by atoms with van der Waals surface area (Å²) in [5, 5.41) is 0. The molecule has 22 heavy (non-hydrogen) atoms. The minimum atomic E-state index is 0.0377. The van der Waals surface area contributed by atoms with Crippen LogP contribution in [0.25, 0.3) is 11.0 Å². The van der Waals surface area contributed by atoms with Crippen LogP contribution in [-0.4, -0.2) is 57.9 Å². The van der Waals surface area contributed by atoms with E-state index in [1.165, 1.54) is 32.4 Å². The minimum Gasteiger partial charge on any atom is -0.334 e. The molecule has 2 aliphatic heterocycles. The molecule has 5 nitrogen and oxygen atoms in total. The molecule has 4 rings (SSSR count). The van der Waals surface area contributed by atoms with Crippen molar-refractivity contribution in [2.24, 2.45) is 0 Å². The predicted molar refractivity (Wildman–Crippen MR) is 85.8 cm³/mol. The van der Waals surface area contributed by atoms with Crippen LogP contribution in [0.5, 0.6) is 0 Å². The van der Waals surface area contributed by atoms with Gasteiger partial charge in [-0.25, -0.2) is 4.98 Å². The van der Waals surface area contributed by atoms with Gasteiger partial charge in [-0.15, -0.1) is 0 Å². The lowest BCUT2D eigenvalue weighted by Crippen LogP contribution is -2.41. The molecular formula is C17H22N4O. The highest BCUT2D eigenvalue weighted by molar-refractivity contribution is 5.94. The highest BCUT2D eigenvalue weighted by Gasteiger charge is 2.32. The Kier molecular flexibility index (Phi) is 3.58. The number of carbonyl (C=O) groups excluding carboxylic acids is 1. The van der Waals surface area contributed by atoms with Gasteiger partial charge in [0.05, 0.1) is 11.0 Å². The first-order valence-electron chi connectivity index (χ1n) is 8.29. The summed E-state index contributed by atoms with van der Waals surface area (Å²) in [7, 11) is 0. The van der Waals surface area contributed by atoms with Gasteiger partial charge >= 0.3 is 0 Å². The Morgan fingerprint density at radius 3 is 2.77 bits per heavy atom. The molecule has 3 heterocycles. The van der Waals surface area contributed by atoms with Crippen LogP contribution in [-0.2, 0) is 0 Å². The number of amides is 1. The van der Waals surface area contributed by atoms with Gasteiger partial charge < -0.3 is 9.88 Å². The van der Waals surface area contributed by atoms with E-state index in [1.54, 1.807) is 0 Å². The van der Waals surface area contributed by atoms with Crippen molar-refractivity contribution in [3.63, 3.8) is 0 Å². The largest absolute Gasteiger partial charge is 0.334 e. The van der Waals surface area contributed by atoms with Crippen molar-refractivity contribution >= 4 is 16.9 Å². The summed E-state index contributed by atoms with van der Waals surface area (Å²) < 4.78 is 0. The molecule has 1 atom stereocenters. The molecule has 2 aliphatic rings. The lowest BCUT2D eigenvalue weighted by Gasteiger charge is -2.32. The summed E-state index contributed by atoms with van der Waals surface area (Å²) >= 11 is 0. The number of para-hydroxylation sites is 2. The Morgan fingerprint density at radius 1 is 1.14 bits per heavy atom. The summed E-state index contributed by atoms with van der Waals surface area (Å²) in [6, 6.07) is 8.33. The molecule has 1 N–H and O–H groups in total. The second kappa shape index (κ2) is 5.72. The second-order valence-corrected chi connectivity index (χ2v) is 6.39. The minimum absolute atomic E-state index is 0.0377. The van der Waals surface area contributed by atoms with E-state index in [1.807, 2.05) is 29.2 Å². The number of hydrogen-bond donors (Lipinski definition) is 1. The van der Waals surface area contributed by atoms with E-state index in [2.05, 4.69) is 14.9 Å². The van der Waals surface area contributed by atoms with Crippen molar-refractivity contribution in [3.8, 4) is 0 Å². The first-order valence-corrected chi connectivity index (χ1v) is 8.29. The van der Waals surface area contributed by atoms with Crippen molar-refractivity contribution in [3.05, 3.63) is 30.1 Å². The van der Waals surface area contributed by atoms with Crippen molar-refractivity contribution < 1.29 is 4.79 Å². The SMILES string of the molecule is O=C(c1nc2ccccc2[nH]1)N1CCC(N2CCCCC2)C1. The maximum absolute atomic E-state index is 12.7. The Balaban J connectivity index is 1.46. The summed E-state index contributed by atoms with van der Waals surface area (Å²) in [4.78, 5) is 24.8. The van der Waals surface area contributed by atoms with E-state index < -0.39 is 0 Å². The second-order valence-electron chi connectivity index (χ2n) is 6.39. The zero-order chi connectivity index (χ0) is 14.9. The molecule has 0 spiro atoms. The van der Waals surface area contributed by atoms with Crippen LogP contribution < -0.4 is 0 Å². The van der Waals surface area contributed by atoms with E-state index in [0.717, 1.165) is 30.5 Å². The van der Waals surface area contributed by atoms with Crippen LogP contribution in [0.1, 0.15) is 36.3 Å². The van der Waals surface area contributed by atoms with Gasteiger partial charge in [-0.3, -0.25) is 9.69 Å². The maximum atomic E-state index is 12.7. The van der Waals surface area contributed by atoms with Gasteiger partial charge in [-0.05, 0) is 44.5 Å². The van der Waals surface area contributed by atoms with Gasteiger partial charge in [0.25, 0.3) is 5.91 Å². The number of piperidine rings is 1. The molecule has 2 aromatic rings. The average molecular weight is 298 g/mol. The monoisotopic (exact) mass is 298 g/mol. The van der Waals surface area contributed by atoms with E-state index in [9.17, 15) is 4.79 Å². The van der Waals surface area contributed by atoms with Crippen LogP contribution >= 0.6 is 0 Å². The molecule has 0 saturated carbocycles. The fourth-order valence-electron chi connectivity index (χ4n) is 3.71. The number of rotatable bonds is 2. The Labute approximate surface area is 130 Å². The molecule has 116 valence electrons. The number of aromatic nitrogens is 2. The third-order valence-corrected chi connectivity index (χ3v) is 4.95. The topological polar surface area (TPSA) is 52.2 Å². The lowest BCUT2D eigenvalue weighted by atomic mass is 10.1. The molecule has 0 bridgehead atoms. The number of nitrogens with one attached hydrogen (secondary N) is 1. The van der Waals surface area contributed by atoms with Crippen LogP contribution in [0, 0.1) is 0 Å². The number of likely N-dealkylation sites (tertiary alicyclic amines) is 2. The highest BCUT2D eigenvalue weighted by atomic mass is 16.2. The molecule has 1 amide bonds. The lowest BCUT2D eigenvalue weighted by molar-refractivity contribution is 0.0761. The van der Waals surface area contributed by atoms with Gasteiger partial charge in [-0.1, -0.05) is 18.6 Å². The number of imidazole rings is 1. The van der Waals surface area contributed by atoms with Gasteiger partial charge in [0.15, 0.2) is 5.82 Å². The summed E-state index contributed by atoms with van der Waals surface area (Å²) in [6.07, 6.45) is 5.04. The molecule has 5 heteroatoms. The fourth-order valence-corrected chi connectivity index (χ4v) is 3.71. The van der Waals surface area contributed by atoms with Gasteiger partial charge in [-0.2, -0.15) is 0 Å².